The molecule has 21 heteroatoms. The molecule has 0 saturated carbocycles. The lowest BCUT2D eigenvalue weighted by Crippen LogP contribution is -2.23. The standard InChI is InChI=1S/C10H5Cl2FN2O.C10H8FN3O.C6H7FN2.C5H4O2.C4H2Cl2O3.4CH4/c11-8-5-14-15(10(16)9(8)12)7-3-1-6(13)2-4-7;11-7-1-3-8(4-2-7)14-10(15)9(12)5-6-13-14;7-5-1-3-6(9-8)4-2-5;6-4-5-2-1-3-7-5;5-1-2(6)4(8)9-3(1)7;;;;/h1-5H;1-6H,12H2;1-4,9H,8H2;1-4H;3,7H;4*1H4. The Hall–Kier alpha value is -5.95. The Morgan fingerprint density at radius 3 is 1.58 bits per heavy atom. The summed E-state index contributed by atoms with van der Waals surface area (Å²) in [7, 11) is 0. The van der Waals surface area contributed by atoms with Crippen LogP contribution in [0.1, 0.15) is 40.3 Å². The van der Waals surface area contributed by atoms with Crippen molar-refractivity contribution >= 4 is 70.0 Å². The van der Waals surface area contributed by atoms with Crippen molar-refractivity contribution in [1.29, 1.82) is 0 Å². The van der Waals surface area contributed by atoms with E-state index in [1.165, 1.54) is 85.4 Å². The predicted octanol–water partition coefficient (Wildman–Crippen LogP) is 8.93. The summed E-state index contributed by atoms with van der Waals surface area (Å²) < 4.78 is 48.4. The zero-order valence-corrected chi connectivity index (χ0v) is 31.1. The van der Waals surface area contributed by atoms with Gasteiger partial charge in [-0.15, -0.1) is 0 Å². The van der Waals surface area contributed by atoms with Crippen molar-refractivity contribution < 1.29 is 37.0 Å². The molecule has 3 aromatic carbocycles. The Bertz CT molecular complexity index is 2370. The predicted molar refractivity (Wildman–Crippen MR) is 230 cm³/mol. The highest BCUT2D eigenvalue weighted by molar-refractivity contribution is 6.48. The number of furan rings is 1. The highest BCUT2D eigenvalue weighted by atomic mass is 35.5. The second-order valence-corrected chi connectivity index (χ2v) is 11.8. The van der Waals surface area contributed by atoms with Crippen LogP contribution in [0.4, 0.5) is 24.5 Å². The van der Waals surface area contributed by atoms with E-state index in [0.29, 0.717) is 29.1 Å². The third-order valence-corrected chi connectivity index (χ3v) is 7.97. The number of aliphatic hydroxyl groups is 1. The van der Waals surface area contributed by atoms with Gasteiger partial charge in [0.1, 0.15) is 38.2 Å². The number of carbonyl (C=O) groups is 2. The van der Waals surface area contributed by atoms with Gasteiger partial charge >= 0.3 is 5.97 Å². The Morgan fingerprint density at radius 1 is 0.733 bits per heavy atom. The van der Waals surface area contributed by atoms with E-state index in [1.807, 2.05) is 0 Å². The summed E-state index contributed by atoms with van der Waals surface area (Å²) >= 11 is 21.8. The van der Waals surface area contributed by atoms with Crippen LogP contribution in [-0.4, -0.2) is 43.2 Å². The summed E-state index contributed by atoms with van der Waals surface area (Å²) in [5, 5.41) is 15.8. The molecular weight excluding hydrogens is 877 g/mol. The number of cyclic esters (lactones) is 1. The number of hydrogen-bond acceptors (Lipinski definition) is 12. The van der Waals surface area contributed by atoms with Gasteiger partial charge in [0.15, 0.2) is 12.0 Å². The minimum atomic E-state index is -1.37. The molecule has 3 aromatic heterocycles. The Labute approximate surface area is 363 Å². The van der Waals surface area contributed by atoms with E-state index in [1.54, 1.807) is 24.3 Å². The molecule has 0 radical (unpaired) electrons. The number of aliphatic hydroxyl groups excluding tert-OH is 1. The fraction of sp³-hybridized carbons (Fsp3) is 0.128. The SMILES string of the molecule is C.C.C.C.NNc1ccc(F)cc1.Nc1ccnn(-c2ccc(F)cc2)c1=O.O=C1OC(O)C(Cl)=C1Cl.O=Cc1ccco1.O=c1c(Cl)c(Cl)cnn1-c1ccc(F)cc1. The summed E-state index contributed by atoms with van der Waals surface area (Å²) in [5.74, 6) is 3.61. The van der Waals surface area contributed by atoms with Gasteiger partial charge in [0.25, 0.3) is 11.1 Å². The monoisotopic (exact) mass is 917 g/mol. The minimum absolute atomic E-state index is 0. The molecule has 7 rings (SSSR count). The molecule has 0 spiro atoms. The van der Waals surface area contributed by atoms with E-state index in [-0.39, 0.29) is 67.1 Å². The van der Waals surface area contributed by atoms with Crippen molar-refractivity contribution in [2.24, 2.45) is 5.84 Å². The average molecular weight is 920 g/mol. The van der Waals surface area contributed by atoms with E-state index in [0.717, 1.165) is 9.36 Å². The summed E-state index contributed by atoms with van der Waals surface area (Å²) in [6.45, 7) is 0. The van der Waals surface area contributed by atoms with Crippen molar-refractivity contribution in [1.82, 2.24) is 19.6 Å². The Kier molecular flexibility index (Phi) is 25.9. The maximum atomic E-state index is 12.7. The maximum absolute atomic E-state index is 12.7. The first-order valence-electron chi connectivity index (χ1n) is 15.1. The third kappa shape index (κ3) is 16.7. The molecule has 6 aromatic rings. The summed E-state index contributed by atoms with van der Waals surface area (Å²) in [6.07, 6.45) is 3.44. The Morgan fingerprint density at radius 2 is 1.22 bits per heavy atom. The summed E-state index contributed by atoms with van der Waals surface area (Å²) in [6, 6.07) is 21.2. The van der Waals surface area contributed by atoms with Gasteiger partial charge in [0.2, 0.25) is 6.29 Å². The van der Waals surface area contributed by atoms with Gasteiger partial charge in [-0.3, -0.25) is 20.2 Å². The van der Waals surface area contributed by atoms with Crippen molar-refractivity contribution in [2.45, 2.75) is 36.0 Å². The number of hydrogen-bond donors (Lipinski definition) is 4. The quantitative estimate of drug-likeness (QED) is 0.0565. The van der Waals surface area contributed by atoms with Crippen LogP contribution in [0.15, 0.2) is 134 Å². The normalized spacial score (nSPS) is 11.8. The van der Waals surface area contributed by atoms with Crippen LogP contribution in [0.5, 0.6) is 0 Å². The molecule has 1 unspecified atom stereocenters. The van der Waals surface area contributed by atoms with E-state index in [9.17, 15) is 32.3 Å². The maximum Gasteiger partial charge on any atom is 0.353 e. The van der Waals surface area contributed by atoms with Gasteiger partial charge in [0.05, 0.1) is 35.1 Å². The first kappa shape index (κ1) is 56.1. The Balaban J connectivity index is 0. The van der Waals surface area contributed by atoms with E-state index in [4.69, 9.17) is 63.1 Å². The zero-order chi connectivity index (χ0) is 41.4. The molecule has 1 aliphatic heterocycles. The largest absolute Gasteiger partial charge is 0.462 e. The first-order valence-corrected chi connectivity index (χ1v) is 16.6. The first-order chi connectivity index (χ1) is 26.7. The lowest BCUT2D eigenvalue weighted by molar-refractivity contribution is -0.150. The molecule has 324 valence electrons. The number of aldehydes is 1. The van der Waals surface area contributed by atoms with Crippen LogP contribution >= 0.6 is 46.4 Å². The molecule has 0 aliphatic carbocycles. The van der Waals surface area contributed by atoms with E-state index >= 15 is 0 Å². The number of halogens is 7. The fourth-order valence-corrected chi connectivity index (χ4v) is 4.20. The smallest absolute Gasteiger partial charge is 0.353 e. The molecular formula is C39H42Cl4F3N7O7. The minimum Gasteiger partial charge on any atom is -0.462 e. The van der Waals surface area contributed by atoms with Crippen LogP contribution in [0.3, 0.4) is 0 Å². The second-order valence-electron chi connectivity index (χ2n) is 10.2. The van der Waals surface area contributed by atoms with Crippen LogP contribution in [-0.2, 0) is 9.53 Å². The molecule has 0 bridgehead atoms. The number of aromatic nitrogens is 4. The number of benzene rings is 3. The van der Waals surface area contributed by atoms with E-state index < -0.39 is 29.2 Å². The topological polar surface area (TPSA) is 211 Å². The molecule has 1 aliphatic rings. The lowest BCUT2D eigenvalue weighted by Gasteiger charge is -2.04. The van der Waals surface area contributed by atoms with Crippen molar-refractivity contribution in [3.05, 3.63) is 174 Å². The van der Waals surface area contributed by atoms with Crippen molar-refractivity contribution in [3.63, 3.8) is 0 Å². The third-order valence-electron chi connectivity index (χ3n) is 6.39. The van der Waals surface area contributed by atoms with Crippen LogP contribution in [0.2, 0.25) is 10.0 Å². The fourth-order valence-electron chi connectivity index (χ4n) is 3.69. The molecule has 0 amide bonds. The lowest BCUT2D eigenvalue weighted by atomic mass is 10.3. The number of rotatable bonds is 4. The highest BCUT2D eigenvalue weighted by Crippen LogP contribution is 2.26. The van der Waals surface area contributed by atoms with Gasteiger partial charge in [-0.05, 0) is 91.0 Å². The number of nitrogens with zero attached hydrogens (tertiary/aromatic N) is 4. The molecule has 0 fully saturated rings. The highest BCUT2D eigenvalue weighted by Gasteiger charge is 2.30. The van der Waals surface area contributed by atoms with Crippen LogP contribution < -0.4 is 28.1 Å². The number of ether oxygens (including phenoxy) is 1. The van der Waals surface area contributed by atoms with Gasteiger partial charge in [-0.2, -0.15) is 19.6 Å². The number of carbonyl (C=O) groups excluding carboxylic acids is 2. The van der Waals surface area contributed by atoms with Crippen molar-refractivity contribution in [2.75, 3.05) is 11.2 Å². The molecule has 60 heavy (non-hydrogen) atoms. The van der Waals surface area contributed by atoms with E-state index in [2.05, 4.69) is 24.8 Å². The second kappa shape index (κ2) is 27.7. The summed E-state index contributed by atoms with van der Waals surface area (Å²) in [5.41, 5.74) is 8.59. The number of nitrogens with one attached hydrogen (secondary N) is 1. The van der Waals surface area contributed by atoms with Gasteiger partial charge in [-0.25, -0.2) is 18.0 Å². The number of anilines is 2. The van der Waals surface area contributed by atoms with Gasteiger partial charge < -0.3 is 25.4 Å². The number of nitrogens with two attached hydrogens (primary N) is 2. The van der Waals surface area contributed by atoms with Crippen LogP contribution in [0.25, 0.3) is 11.4 Å². The number of esters is 1. The molecule has 6 N–H and O–H groups in total. The van der Waals surface area contributed by atoms with Gasteiger partial charge in [-0.1, -0.05) is 76.1 Å². The number of hydrazine groups is 1. The molecule has 4 heterocycles. The zero-order valence-electron chi connectivity index (χ0n) is 28.0. The summed E-state index contributed by atoms with van der Waals surface area (Å²) in [4.78, 5) is 43.3. The van der Waals surface area contributed by atoms with Gasteiger partial charge in [0, 0.05) is 5.69 Å². The molecule has 14 nitrogen and oxygen atoms in total. The van der Waals surface area contributed by atoms with Crippen molar-refractivity contribution in [3.8, 4) is 11.4 Å². The molecule has 0 saturated heterocycles. The van der Waals surface area contributed by atoms with Crippen LogP contribution in [0, 0.1) is 17.5 Å². The average Bonchev–Trinajstić information content (AvgIpc) is 3.81. The number of nitrogen functional groups attached to an aromatic ring is 2. The molecule has 1 atom stereocenters.